The van der Waals surface area contributed by atoms with Crippen LogP contribution in [0.2, 0.25) is 0 Å². The zero-order valence-electron chi connectivity index (χ0n) is 21.6. The average Bonchev–Trinajstić information content (AvgIpc) is 2.92. The first-order valence-electron chi connectivity index (χ1n) is 12.9. The van der Waals surface area contributed by atoms with Gasteiger partial charge in [-0.1, -0.05) is 6.58 Å². The lowest BCUT2D eigenvalue weighted by molar-refractivity contribution is -0.185. The van der Waals surface area contributed by atoms with Gasteiger partial charge in [0.15, 0.2) is 0 Å². The van der Waals surface area contributed by atoms with E-state index >= 15 is 0 Å². The number of alkyl halides is 3. The Morgan fingerprint density at radius 3 is 2.38 bits per heavy atom. The van der Waals surface area contributed by atoms with Crippen molar-refractivity contribution in [3.05, 3.63) is 65.6 Å². The monoisotopic (exact) mass is 555 g/mol. The summed E-state index contributed by atoms with van der Waals surface area (Å²) in [6.07, 6.45) is -1.19. The number of carbonyl (C=O) groups excluding carboxylic acids is 2. The van der Waals surface area contributed by atoms with E-state index in [0.717, 1.165) is 22.4 Å². The number of pyridine rings is 1. The van der Waals surface area contributed by atoms with Crippen molar-refractivity contribution in [1.82, 2.24) is 24.3 Å². The fourth-order valence-corrected chi connectivity index (χ4v) is 4.95. The Morgan fingerprint density at radius 2 is 1.73 bits per heavy atom. The van der Waals surface area contributed by atoms with Gasteiger partial charge in [0.05, 0.1) is 0 Å². The molecular formula is C27H28F3N7O3. The lowest BCUT2D eigenvalue weighted by atomic mass is 9.96. The normalized spacial score (nSPS) is 16.1. The van der Waals surface area contributed by atoms with Gasteiger partial charge in [-0.3, -0.25) is 19.0 Å². The number of amides is 2. The van der Waals surface area contributed by atoms with E-state index < -0.39 is 12.1 Å². The van der Waals surface area contributed by atoms with Crippen molar-refractivity contribution in [3.63, 3.8) is 0 Å². The Bertz CT molecular complexity index is 1480. The quantitative estimate of drug-likeness (QED) is 0.447. The Balaban J connectivity index is 1.22. The average molecular weight is 556 g/mol. The number of aromatic nitrogens is 3. The number of nitrogens with one attached hydrogen (secondary N) is 1. The SMILES string of the molecule is C=CC(=O)N1CC(CCn2c(=O)ccc3cnc(Nc4ccc(N5CCN(C(=O)C(F)(F)F)CC5)cc4)nc32)C1. The third-order valence-corrected chi connectivity index (χ3v) is 7.23. The van der Waals surface area contributed by atoms with Crippen molar-refractivity contribution in [1.29, 1.82) is 0 Å². The number of nitrogens with zero attached hydrogens (tertiary/aromatic N) is 6. The summed E-state index contributed by atoms with van der Waals surface area (Å²) in [4.78, 5) is 49.2. The van der Waals surface area contributed by atoms with Crippen LogP contribution in [0.3, 0.4) is 0 Å². The Morgan fingerprint density at radius 1 is 1.02 bits per heavy atom. The van der Waals surface area contributed by atoms with Gasteiger partial charge in [-0.15, -0.1) is 0 Å². The molecule has 2 amide bonds. The summed E-state index contributed by atoms with van der Waals surface area (Å²) >= 11 is 0. The molecule has 0 unspecified atom stereocenters. The molecule has 10 nitrogen and oxygen atoms in total. The molecule has 0 saturated carbocycles. The van der Waals surface area contributed by atoms with Gasteiger partial charge in [0, 0.05) is 74.8 Å². The predicted octanol–water partition coefficient (Wildman–Crippen LogP) is 2.78. The molecule has 2 aliphatic heterocycles. The standard InChI is InChI=1S/C27H28F3N7O3/c1-2-22(38)36-16-18(17-36)9-10-37-23(39)8-3-19-15-31-26(33-24(19)37)32-20-4-6-21(7-5-20)34-11-13-35(14-12-34)25(40)27(28,29)30/h2-8,15,18H,1,9-14,16-17H2,(H,31,32,33). The number of hydrogen-bond donors (Lipinski definition) is 1. The number of anilines is 3. The maximum atomic E-state index is 12.7. The maximum absolute atomic E-state index is 12.7. The maximum Gasteiger partial charge on any atom is 0.471 e. The van der Waals surface area contributed by atoms with Crippen LogP contribution in [0.4, 0.5) is 30.5 Å². The summed E-state index contributed by atoms with van der Waals surface area (Å²) in [5.74, 6) is -1.28. The van der Waals surface area contributed by atoms with Crippen molar-refractivity contribution >= 4 is 40.2 Å². The first-order chi connectivity index (χ1) is 19.1. The Labute approximate surface area is 227 Å². The number of hydrogen-bond acceptors (Lipinski definition) is 7. The minimum Gasteiger partial charge on any atom is -0.368 e. The highest BCUT2D eigenvalue weighted by atomic mass is 19.4. The van der Waals surface area contributed by atoms with Gasteiger partial charge < -0.3 is 20.0 Å². The highest BCUT2D eigenvalue weighted by Gasteiger charge is 2.43. The Hall–Kier alpha value is -4.42. The summed E-state index contributed by atoms with van der Waals surface area (Å²) < 4.78 is 39.7. The molecule has 4 heterocycles. The van der Waals surface area contributed by atoms with Crippen LogP contribution in [0.15, 0.2) is 60.0 Å². The highest BCUT2D eigenvalue weighted by Crippen LogP contribution is 2.25. The number of fused-ring (bicyclic) bond motifs is 1. The van der Waals surface area contributed by atoms with E-state index in [2.05, 4.69) is 21.9 Å². The van der Waals surface area contributed by atoms with Gasteiger partial charge in [0.2, 0.25) is 11.9 Å². The molecule has 0 atom stereocenters. The number of carbonyl (C=O) groups is 2. The third-order valence-electron chi connectivity index (χ3n) is 7.23. The first kappa shape index (κ1) is 27.2. The molecule has 0 spiro atoms. The van der Waals surface area contributed by atoms with Gasteiger partial charge in [0.25, 0.3) is 5.56 Å². The molecule has 40 heavy (non-hydrogen) atoms. The van der Waals surface area contributed by atoms with Crippen LogP contribution in [0.1, 0.15) is 6.42 Å². The molecule has 2 aliphatic rings. The largest absolute Gasteiger partial charge is 0.471 e. The van der Waals surface area contributed by atoms with Crippen LogP contribution in [0, 0.1) is 5.92 Å². The molecule has 0 aliphatic carbocycles. The molecule has 2 aromatic heterocycles. The fourth-order valence-electron chi connectivity index (χ4n) is 4.95. The Kier molecular flexibility index (Phi) is 7.46. The number of likely N-dealkylation sites (tertiary alicyclic amines) is 1. The number of benzene rings is 1. The molecule has 1 N–H and O–H groups in total. The second kappa shape index (κ2) is 11.0. The van der Waals surface area contributed by atoms with E-state index in [9.17, 15) is 27.6 Å². The molecule has 0 bridgehead atoms. The van der Waals surface area contributed by atoms with Crippen LogP contribution in [0.25, 0.3) is 11.0 Å². The topological polar surface area (TPSA) is 104 Å². The number of halogens is 3. The molecule has 3 aromatic rings. The molecule has 2 fully saturated rings. The summed E-state index contributed by atoms with van der Waals surface area (Å²) in [7, 11) is 0. The third kappa shape index (κ3) is 5.77. The zero-order valence-corrected chi connectivity index (χ0v) is 21.6. The van der Waals surface area contributed by atoms with Crippen molar-refractivity contribution in [2.45, 2.75) is 19.1 Å². The highest BCUT2D eigenvalue weighted by molar-refractivity contribution is 5.87. The van der Waals surface area contributed by atoms with E-state index in [0.29, 0.717) is 55.9 Å². The summed E-state index contributed by atoms with van der Waals surface area (Å²) in [5, 5.41) is 3.86. The molecule has 13 heteroatoms. The van der Waals surface area contributed by atoms with Gasteiger partial charge >= 0.3 is 12.1 Å². The summed E-state index contributed by atoms with van der Waals surface area (Å²) in [6, 6.07) is 10.5. The minimum absolute atomic E-state index is 0.00305. The van der Waals surface area contributed by atoms with Gasteiger partial charge in [0.1, 0.15) is 5.65 Å². The first-order valence-corrected chi connectivity index (χ1v) is 12.9. The molecular weight excluding hydrogens is 527 g/mol. The van der Waals surface area contributed by atoms with E-state index in [1.165, 1.54) is 12.1 Å². The lowest BCUT2D eigenvalue weighted by Crippen LogP contribution is -2.52. The van der Waals surface area contributed by atoms with Crippen LogP contribution in [-0.2, 0) is 16.1 Å². The minimum atomic E-state index is -4.86. The van der Waals surface area contributed by atoms with Crippen LogP contribution < -0.4 is 15.8 Å². The molecule has 5 rings (SSSR count). The van der Waals surface area contributed by atoms with Crippen LogP contribution in [-0.4, -0.2) is 81.6 Å². The molecule has 0 radical (unpaired) electrons. The summed E-state index contributed by atoms with van der Waals surface area (Å²) in [5.41, 5.74) is 1.85. The fraction of sp³-hybridized carbons (Fsp3) is 0.370. The van der Waals surface area contributed by atoms with E-state index in [4.69, 9.17) is 0 Å². The van der Waals surface area contributed by atoms with Crippen molar-refractivity contribution < 1.29 is 22.8 Å². The second-order valence-electron chi connectivity index (χ2n) is 9.85. The van der Waals surface area contributed by atoms with Gasteiger partial charge in [-0.25, -0.2) is 4.98 Å². The van der Waals surface area contributed by atoms with E-state index in [1.54, 1.807) is 33.9 Å². The predicted molar refractivity (Wildman–Crippen MR) is 143 cm³/mol. The van der Waals surface area contributed by atoms with Crippen molar-refractivity contribution in [3.8, 4) is 0 Å². The number of piperazine rings is 1. The van der Waals surface area contributed by atoms with Crippen molar-refractivity contribution in [2.24, 2.45) is 5.92 Å². The van der Waals surface area contributed by atoms with Gasteiger partial charge in [-0.05, 0) is 48.7 Å². The second-order valence-corrected chi connectivity index (χ2v) is 9.85. The summed E-state index contributed by atoms with van der Waals surface area (Å²) in [6.45, 7) is 5.83. The van der Waals surface area contributed by atoms with E-state index in [-0.39, 0.29) is 24.6 Å². The van der Waals surface area contributed by atoms with E-state index in [1.807, 2.05) is 17.0 Å². The smallest absolute Gasteiger partial charge is 0.368 e. The molecule has 2 saturated heterocycles. The lowest BCUT2D eigenvalue weighted by Gasteiger charge is -2.38. The number of aryl methyl sites for hydroxylation is 1. The molecule has 1 aromatic carbocycles. The molecule has 210 valence electrons. The van der Waals surface area contributed by atoms with Crippen molar-refractivity contribution in [2.75, 3.05) is 49.5 Å². The van der Waals surface area contributed by atoms with Crippen LogP contribution in [0.5, 0.6) is 0 Å². The number of rotatable bonds is 7. The zero-order chi connectivity index (χ0) is 28.4. The van der Waals surface area contributed by atoms with Crippen LogP contribution >= 0.6 is 0 Å². The van der Waals surface area contributed by atoms with Gasteiger partial charge in [-0.2, -0.15) is 18.2 Å².